The molecular weight excluding hydrogens is 342 g/mol. The topological polar surface area (TPSA) is 12.0 Å². The number of halogens is 2. The second-order valence-corrected chi connectivity index (χ2v) is 6.41. The van der Waals surface area contributed by atoms with Gasteiger partial charge in [0.05, 0.1) is 5.02 Å². The van der Waals surface area contributed by atoms with E-state index in [1.54, 1.807) is 11.8 Å². The van der Waals surface area contributed by atoms with Gasteiger partial charge < -0.3 is 5.32 Å². The summed E-state index contributed by atoms with van der Waals surface area (Å²) in [5, 5.41) is 4.17. The van der Waals surface area contributed by atoms with Crippen LogP contribution in [0.3, 0.4) is 0 Å². The van der Waals surface area contributed by atoms with Gasteiger partial charge in [-0.3, -0.25) is 0 Å². The number of benzene rings is 2. The number of hydrogen-bond acceptors (Lipinski definition) is 2. The molecule has 0 amide bonds. The van der Waals surface area contributed by atoms with Gasteiger partial charge in [0.1, 0.15) is 0 Å². The number of hydrogen-bond donors (Lipinski definition) is 1. The summed E-state index contributed by atoms with van der Waals surface area (Å²) in [7, 11) is 0. The van der Waals surface area contributed by atoms with Crippen molar-refractivity contribution in [2.24, 2.45) is 0 Å². The van der Waals surface area contributed by atoms with Crippen LogP contribution in [0.4, 0.5) is 5.69 Å². The zero-order valence-corrected chi connectivity index (χ0v) is 13.9. The lowest BCUT2D eigenvalue weighted by Crippen LogP contribution is -2.06. The maximum Gasteiger partial charge on any atom is 0.0568 e. The van der Waals surface area contributed by atoms with Crippen molar-refractivity contribution in [1.29, 1.82) is 0 Å². The fourth-order valence-corrected chi connectivity index (χ4v) is 2.65. The summed E-state index contributed by atoms with van der Waals surface area (Å²) >= 11 is 11.2. The Bertz CT molecular complexity index is 557. The third-order valence-corrected chi connectivity index (χ3v) is 4.89. The first-order valence-electron chi connectivity index (χ1n) is 5.95. The number of rotatable bonds is 4. The highest BCUT2D eigenvalue weighted by molar-refractivity contribution is 9.10. The van der Waals surface area contributed by atoms with Crippen LogP contribution in [-0.2, 0) is 0 Å². The van der Waals surface area contributed by atoms with Crippen molar-refractivity contribution in [1.82, 2.24) is 0 Å². The summed E-state index contributed by atoms with van der Waals surface area (Å²) in [6.07, 6.45) is 2.08. The molecule has 19 heavy (non-hydrogen) atoms. The zero-order chi connectivity index (χ0) is 13.8. The molecule has 100 valence electrons. The highest BCUT2D eigenvalue weighted by atomic mass is 79.9. The molecule has 1 unspecified atom stereocenters. The van der Waals surface area contributed by atoms with E-state index in [-0.39, 0.29) is 6.04 Å². The number of thioether (sulfide) groups is 1. The quantitative estimate of drug-likeness (QED) is 0.674. The molecule has 1 atom stereocenters. The van der Waals surface area contributed by atoms with E-state index in [9.17, 15) is 0 Å². The van der Waals surface area contributed by atoms with Gasteiger partial charge in [-0.1, -0.05) is 23.7 Å². The Morgan fingerprint density at radius 2 is 1.84 bits per heavy atom. The zero-order valence-electron chi connectivity index (χ0n) is 10.8. The average molecular weight is 357 g/mol. The lowest BCUT2D eigenvalue weighted by atomic mass is 10.1. The second-order valence-electron chi connectivity index (χ2n) is 4.27. The molecule has 0 spiro atoms. The minimum atomic E-state index is 0.244. The molecule has 0 aliphatic heterocycles. The van der Waals surface area contributed by atoms with Crippen LogP contribution in [0.15, 0.2) is 51.8 Å². The molecule has 1 N–H and O–H groups in total. The molecule has 0 radical (unpaired) electrons. The lowest BCUT2D eigenvalue weighted by molar-refractivity contribution is 0.883. The van der Waals surface area contributed by atoms with Crippen LogP contribution in [0.1, 0.15) is 18.5 Å². The van der Waals surface area contributed by atoms with E-state index in [1.807, 2.05) is 18.2 Å². The Morgan fingerprint density at radius 1 is 1.16 bits per heavy atom. The smallest absolute Gasteiger partial charge is 0.0568 e. The van der Waals surface area contributed by atoms with Crippen LogP contribution in [0.5, 0.6) is 0 Å². The standard InChI is InChI=1S/C15H15BrClNS/c1-10(11-3-6-13(19-2)7-4-11)18-12-5-8-14(16)15(17)9-12/h3-10,18H,1-2H3. The fraction of sp³-hybridized carbons (Fsp3) is 0.200. The predicted molar refractivity (Wildman–Crippen MR) is 89.4 cm³/mol. The SMILES string of the molecule is CSc1ccc(C(C)Nc2ccc(Br)c(Cl)c2)cc1. The van der Waals surface area contributed by atoms with Crippen molar-refractivity contribution in [2.45, 2.75) is 17.9 Å². The molecule has 0 heterocycles. The van der Waals surface area contributed by atoms with Gasteiger partial charge in [-0.05, 0) is 65.0 Å². The van der Waals surface area contributed by atoms with Gasteiger partial charge in [-0.15, -0.1) is 11.8 Å². The van der Waals surface area contributed by atoms with E-state index in [1.165, 1.54) is 10.5 Å². The van der Waals surface area contributed by atoms with Crippen molar-refractivity contribution in [3.8, 4) is 0 Å². The van der Waals surface area contributed by atoms with Gasteiger partial charge >= 0.3 is 0 Å². The van der Waals surface area contributed by atoms with Gasteiger partial charge in [0, 0.05) is 21.1 Å². The van der Waals surface area contributed by atoms with Crippen molar-refractivity contribution in [2.75, 3.05) is 11.6 Å². The summed E-state index contributed by atoms with van der Waals surface area (Å²) < 4.78 is 0.914. The van der Waals surface area contributed by atoms with Gasteiger partial charge in [-0.2, -0.15) is 0 Å². The van der Waals surface area contributed by atoms with Gasteiger partial charge in [-0.25, -0.2) is 0 Å². The molecule has 0 saturated carbocycles. The highest BCUT2D eigenvalue weighted by Crippen LogP contribution is 2.28. The Balaban J connectivity index is 2.10. The minimum absolute atomic E-state index is 0.244. The summed E-state index contributed by atoms with van der Waals surface area (Å²) in [4.78, 5) is 1.28. The molecular formula is C15H15BrClNS. The predicted octanol–water partition coefficient (Wildman–Crippen LogP) is 6.00. The molecule has 0 fully saturated rings. The fourth-order valence-electron chi connectivity index (χ4n) is 1.81. The van der Waals surface area contributed by atoms with Crippen LogP contribution < -0.4 is 5.32 Å². The van der Waals surface area contributed by atoms with Gasteiger partial charge in [0.25, 0.3) is 0 Å². The Hall–Kier alpha value is -0.640. The Kier molecular flexibility index (Phi) is 5.20. The van der Waals surface area contributed by atoms with E-state index in [0.717, 1.165) is 15.2 Å². The van der Waals surface area contributed by atoms with E-state index >= 15 is 0 Å². The van der Waals surface area contributed by atoms with E-state index in [4.69, 9.17) is 11.6 Å². The van der Waals surface area contributed by atoms with Crippen LogP contribution in [0, 0.1) is 0 Å². The second kappa shape index (κ2) is 6.69. The summed E-state index contributed by atoms with van der Waals surface area (Å²) in [6, 6.07) is 14.7. The lowest BCUT2D eigenvalue weighted by Gasteiger charge is -2.16. The Labute approximate surface area is 131 Å². The third-order valence-electron chi connectivity index (χ3n) is 2.92. The van der Waals surface area contributed by atoms with Crippen molar-refractivity contribution in [3.05, 3.63) is 57.5 Å². The maximum absolute atomic E-state index is 6.09. The van der Waals surface area contributed by atoms with Crippen molar-refractivity contribution in [3.63, 3.8) is 0 Å². The molecule has 0 aromatic heterocycles. The average Bonchev–Trinajstić information content (AvgIpc) is 2.43. The van der Waals surface area contributed by atoms with Crippen LogP contribution in [-0.4, -0.2) is 6.26 Å². The summed E-state index contributed by atoms with van der Waals surface area (Å²) in [6.45, 7) is 2.14. The molecule has 0 aliphatic carbocycles. The molecule has 1 nitrogen and oxygen atoms in total. The number of anilines is 1. The van der Waals surface area contributed by atoms with Crippen LogP contribution in [0.2, 0.25) is 5.02 Å². The molecule has 0 saturated heterocycles. The van der Waals surface area contributed by atoms with E-state index in [2.05, 4.69) is 58.7 Å². The normalized spacial score (nSPS) is 12.2. The largest absolute Gasteiger partial charge is 0.378 e. The first-order chi connectivity index (χ1) is 9.10. The van der Waals surface area contributed by atoms with E-state index < -0.39 is 0 Å². The summed E-state index contributed by atoms with van der Waals surface area (Å²) in [5.74, 6) is 0. The molecule has 0 bridgehead atoms. The van der Waals surface area contributed by atoms with Crippen LogP contribution in [0.25, 0.3) is 0 Å². The summed E-state index contributed by atoms with van der Waals surface area (Å²) in [5.41, 5.74) is 2.28. The Morgan fingerprint density at radius 3 is 2.42 bits per heavy atom. The highest BCUT2D eigenvalue weighted by Gasteiger charge is 2.06. The van der Waals surface area contributed by atoms with Gasteiger partial charge in [0.15, 0.2) is 0 Å². The van der Waals surface area contributed by atoms with E-state index in [0.29, 0.717) is 0 Å². The first-order valence-corrected chi connectivity index (χ1v) is 8.35. The molecule has 4 heteroatoms. The van der Waals surface area contributed by atoms with Gasteiger partial charge in [0.2, 0.25) is 0 Å². The van der Waals surface area contributed by atoms with Crippen LogP contribution >= 0.6 is 39.3 Å². The van der Waals surface area contributed by atoms with Crippen molar-refractivity contribution < 1.29 is 0 Å². The minimum Gasteiger partial charge on any atom is -0.378 e. The molecule has 2 aromatic rings. The molecule has 2 aromatic carbocycles. The van der Waals surface area contributed by atoms with Crippen molar-refractivity contribution >= 4 is 45.0 Å². The third kappa shape index (κ3) is 3.91. The first kappa shape index (κ1) is 14.8. The molecule has 2 rings (SSSR count). The monoisotopic (exact) mass is 355 g/mol. The number of nitrogens with one attached hydrogen (secondary N) is 1. The maximum atomic E-state index is 6.09. The molecule has 0 aliphatic rings.